The van der Waals surface area contributed by atoms with Crippen molar-refractivity contribution in [1.29, 1.82) is 0 Å². The Labute approximate surface area is 170 Å². The summed E-state index contributed by atoms with van der Waals surface area (Å²) in [5.74, 6) is 0.159. The van der Waals surface area contributed by atoms with E-state index < -0.39 is 5.54 Å². The molecular weight excluding hydrogens is 387 g/mol. The molecule has 2 aliphatic heterocycles. The predicted octanol–water partition coefficient (Wildman–Crippen LogP) is 0.996. The topological polar surface area (TPSA) is 62.0 Å². The van der Waals surface area contributed by atoms with E-state index in [0.29, 0.717) is 12.1 Å². The van der Waals surface area contributed by atoms with Gasteiger partial charge in [0, 0.05) is 51.9 Å². The number of nitrogens with zero attached hydrogens (tertiary/aromatic N) is 3. The molecule has 6 nitrogen and oxygen atoms in total. The molecule has 2 heterocycles. The van der Waals surface area contributed by atoms with Gasteiger partial charge in [-0.15, -0.1) is 37.2 Å². The fourth-order valence-corrected chi connectivity index (χ4v) is 3.41. The van der Waals surface area contributed by atoms with Crippen molar-refractivity contribution in [3.8, 4) is 0 Å². The zero-order valence-electron chi connectivity index (χ0n) is 15.2. The van der Waals surface area contributed by atoms with Crippen LogP contribution in [0.1, 0.15) is 26.7 Å². The van der Waals surface area contributed by atoms with E-state index in [0.717, 1.165) is 65.3 Å². The van der Waals surface area contributed by atoms with Gasteiger partial charge in [-0.05, 0) is 26.7 Å². The van der Waals surface area contributed by atoms with Gasteiger partial charge < -0.3 is 15.4 Å². The highest BCUT2D eigenvalue weighted by molar-refractivity contribution is 5.89. The first kappa shape index (κ1) is 25.2. The van der Waals surface area contributed by atoms with Crippen molar-refractivity contribution in [3.63, 3.8) is 0 Å². The molecule has 2 N–H and O–H groups in total. The standard InChI is InChI=1S/C16H30N4O2.3ClH/c1-13(2)20-9-10-22-14(12-20)11-18-5-7-19(8-6-18)15(21)16(17)3-4-16;;;/h13-14H,3-12,17H2,1-2H3;3*1H. The number of amides is 1. The highest BCUT2D eigenvalue weighted by Crippen LogP contribution is 2.34. The fourth-order valence-electron chi connectivity index (χ4n) is 3.41. The smallest absolute Gasteiger partial charge is 0.242 e. The van der Waals surface area contributed by atoms with E-state index in [2.05, 4.69) is 23.6 Å². The molecule has 3 rings (SSSR count). The van der Waals surface area contributed by atoms with Gasteiger partial charge in [-0.1, -0.05) is 0 Å². The molecule has 0 aromatic rings. The van der Waals surface area contributed by atoms with Gasteiger partial charge in [-0.2, -0.15) is 0 Å². The number of piperazine rings is 1. The lowest BCUT2D eigenvalue weighted by Gasteiger charge is -2.40. The maximum atomic E-state index is 12.2. The number of carbonyl (C=O) groups excluding carboxylic acids is 1. The Hall–Kier alpha value is 0.180. The minimum absolute atomic E-state index is 0. The molecule has 1 amide bonds. The summed E-state index contributed by atoms with van der Waals surface area (Å²) in [5, 5.41) is 0. The van der Waals surface area contributed by atoms with Crippen LogP contribution >= 0.6 is 37.2 Å². The number of morpholine rings is 1. The van der Waals surface area contributed by atoms with E-state index in [1.165, 1.54) is 0 Å². The van der Waals surface area contributed by atoms with Crippen molar-refractivity contribution < 1.29 is 9.53 Å². The molecule has 0 aromatic heterocycles. The third-order valence-corrected chi connectivity index (χ3v) is 5.24. The SMILES string of the molecule is CC(C)N1CCOC(CN2CCN(C(=O)C3(N)CC3)CC2)C1.Cl.Cl.Cl. The largest absolute Gasteiger partial charge is 0.374 e. The Kier molecular flexibility index (Phi) is 10.6. The minimum atomic E-state index is -0.521. The average Bonchev–Trinajstić information content (AvgIpc) is 3.27. The molecule has 0 aromatic carbocycles. The van der Waals surface area contributed by atoms with E-state index >= 15 is 0 Å². The van der Waals surface area contributed by atoms with Gasteiger partial charge in [-0.25, -0.2) is 0 Å². The number of rotatable bonds is 4. The van der Waals surface area contributed by atoms with Crippen LogP contribution in [0.25, 0.3) is 0 Å². The van der Waals surface area contributed by atoms with E-state index in [1.54, 1.807) is 0 Å². The second-order valence-corrected chi connectivity index (χ2v) is 7.33. The van der Waals surface area contributed by atoms with Gasteiger partial charge in [0.05, 0.1) is 18.2 Å². The van der Waals surface area contributed by atoms with E-state index in [4.69, 9.17) is 10.5 Å². The molecule has 1 unspecified atom stereocenters. The van der Waals surface area contributed by atoms with E-state index in [1.807, 2.05) is 4.90 Å². The summed E-state index contributed by atoms with van der Waals surface area (Å²) in [5.41, 5.74) is 5.50. The number of hydrogen-bond donors (Lipinski definition) is 1. The molecule has 2 saturated heterocycles. The lowest BCUT2D eigenvalue weighted by Crippen LogP contribution is -2.56. The molecule has 1 aliphatic carbocycles. The Morgan fingerprint density at radius 1 is 1.12 bits per heavy atom. The molecular formula is C16H33Cl3N4O2. The second kappa shape index (κ2) is 10.5. The van der Waals surface area contributed by atoms with Crippen LogP contribution in [0.3, 0.4) is 0 Å². The third-order valence-electron chi connectivity index (χ3n) is 5.24. The minimum Gasteiger partial charge on any atom is -0.374 e. The molecule has 0 spiro atoms. The van der Waals surface area contributed by atoms with Gasteiger partial charge in [0.15, 0.2) is 0 Å². The van der Waals surface area contributed by atoms with Crippen LogP contribution in [0.2, 0.25) is 0 Å². The van der Waals surface area contributed by atoms with Gasteiger partial charge in [-0.3, -0.25) is 14.6 Å². The van der Waals surface area contributed by atoms with Crippen molar-refractivity contribution in [2.75, 3.05) is 52.4 Å². The highest BCUT2D eigenvalue weighted by Gasteiger charge is 2.48. The molecule has 1 saturated carbocycles. The van der Waals surface area contributed by atoms with Crippen LogP contribution in [0.5, 0.6) is 0 Å². The lowest BCUT2D eigenvalue weighted by molar-refractivity contribution is -0.135. The van der Waals surface area contributed by atoms with Crippen molar-refractivity contribution in [2.45, 2.75) is 44.4 Å². The van der Waals surface area contributed by atoms with Gasteiger partial charge >= 0.3 is 0 Å². The second-order valence-electron chi connectivity index (χ2n) is 7.33. The fraction of sp³-hybridized carbons (Fsp3) is 0.938. The zero-order valence-corrected chi connectivity index (χ0v) is 17.6. The van der Waals surface area contributed by atoms with E-state index in [-0.39, 0.29) is 43.1 Å². The summed E-state index contributed by atoms with van der Waals surface area (Å²) in [6.45, 7) is 11.8. The molecule has 25 heavy (non-hydrogen) atoms. The van der Waals surface area contributed by atoms with Gasteiger partial charge in [0.2, 0.25) is 5.91 Å². The molecule has 1 atom stereocenters. The number of halogens is 3. The summed E-state index contributed by atoms with van der Waals surface area (Å²) in [7, 11) is 0. The zero-order chi connectivity index (χ0) is 15.7. The predicted molar refractivity (Wildman–Crippen MR) is 107 cm³/mol. The van der Waals surface area contributed by atoms with Crippen LogP contribution in [-0.4, -0.2) is 90.7 Å². The number of hydrogen-bond acceptors (Lipinski definition) is 5. The highest BCUT2D eigenvalue weighted by atomic mass is 35.5. The van der Waals surface area contributed by atoms with Crippen molar-refractivity contribution in [1.82, 2.24) is 14.7 Å². The van der Waals surface area contributed by atoms with Crippen LogP contribution in [0, 0.1) is 0 Å². The molecule has 3 aliphatic rings. The maximum absolute atomic E-state index is 12.2. The van der Waals surface area contributed by atoms with Gasteiger partial charge in [0.1, 0.15) is 0 Å². The Morgan fingerprint density at radius 2 is 1.72 bits per heavy atom. The van der Waals surface area contributed by atoms with Crippen LogP contribution in [0.4, 0.5) is 0 Å². The first-order chi connectivity index (χ1) is 10.5. The van der Waals surface area contributed by atoms with Crippen LogP contribution in [-0.2, 0) is 9.53 Å². The Bertz CT molecular complexity index is 416. The monoisotopic (exact) mass is 418 g/mol. The van der Waals surface area contributed by atoms with E-state index in [9.17, 15) is 4.79 Å². The Morgan fingerprint density at radius 3 is 2.24 bits per heavy atom. The summed E-state index contributed by atoms with van der Waals surface area (Å²) < 4.78 is 5.92. The van der Waals surface area contributed by atoms with Crippen molar-refractivity contribution >= 4 is 43.1 Å². The maximum Gasteiger partial charge on any atom is 0.242 e. The summed E-state index contributed by atoms with van der Waals surface area (Å²) in [4.78, 5) is 19.1. The Balaban J connectivity index is 0.00000192. The first-order valence-electron chi connectivity index (χ1n) is 8.64. The number of carbonyl (C=O) groups is 1. The molecule has 9 heteroatoms. The molecule has 0 radical (unpaired) electrons. The van der Waals surface area contributed by atoms with Crippen LogP contribution < -0.4 is 5.73 Å². The van der Waals surface area contributed by atoms with Crippen LogP contribution in [0.15, 0.2) is 0 Å². The average molecular weight is 420 g/mol. The number of ether oxygens (including phenoxy) is 1. The summed E-state index contributed by atoms with van der Waals surface area (Å²) >= 11 is 0. The van der Waals surface area contributed by atoms with Gasteiger partial charge in [0.25, 0.3) is 0 Å². The van der Waals surface area contributed by atoms with Crippen molar-refractivity contribution in [2.24, 2.45) is 5.73 Å². The third kappa shape index (κ3) is 6.38. The quantitative estimate of drug-likeness (QED) is 0.736. The first-order valence-corrected chi connectivity index (χ1v) is 8.64. The molecule has 0 bridgehead atoms. The summed E-state index contributed by atoms with van der Waals surface area (Å²) in [6.07, 6.45) is 2.00. The molecule has 3 fully saturated rings. The normalized spacial score (nSPS) is 26.2. The number of nitrogens with two attached hydrogens (primary N) is 1. The lowest BCUT2D eigenvalue weighted by atomic mass is 10.2. The summed E-state index contributed by atoms with van der Waals surface area (Å²) in [6, 6.07) is 0.583. The van der Waals surface area contributed by atoms with Crippen molar-refractivity contribution in [3.05, 3.63) is 0 Å². The molecule has 150 valence electrons.